The molecular weight excluding hydrogens is 231 g/mol. The van der Waals surface area contributed by atoms with Crippen LogP contribution in [0.15, 0.2) is 18.2 Å². The third-order valence-electron chi connectivity index (χ3n) is 2.75. The van der Waals surface area contributed by atoms with E-state index in [9.17, 15) is 13.2 Å². The Labute approximate surface area is 97.4 Å². The van der Waals surface area contributed by atoms with Gasteiger partial charge in [0, 0.05) is 37.6 Å². The maximum Gasteiger partial charge on any atom is 0.416 e. The zero-order valence-electron chi connectivity index (χ0n) is 9.22. The summed E-state index contributed by atoms with van der Waals surface area (Å²) >= 11 is 0. The number of alkyl halides is 3. The SMILES string of the molecule is Nc1cc(N2CCNCC2)cc(C(F)(F)F)c1. The predicted octanol–water partition coefficient (Wildman–Crippen LogP) is 1.70. The normalized spacial score (nSPS) is 17.2. The molecule has 1 aliphatic rings. The van der Waals surface area contributed by atoms with Crippen molar-refractivity contribution in [2.45, 2.75) is 6.18 Å². The lowest BCUT2D eigenvalue weighted by Crippen LogP contribution is -2.43. The predicted molar refractivity (Wildman–Crippen MR) is 60.9 cm³/mol. The van der Waals surface area contributed by atoms with Gasteiger partial charge >= 0.3 is 6.18 Å². The molecule has 0 spiro atoms. The van der Waals surface area contributed by atoms with Gasteiger partial charge in [0.25, 0.3) is 0 Å². The molecule has 1 fully saturated rings. The number of piperazine rings is 1. The standard InChI is InChI=1S/C11H14F3N3/c12-11(13,14)8-5-9(15)7-10(6-8)17-3-1-16-2-4-17/h5-7,16H,1-4,15H2. The summed E-state index contributed by atoms with van der Waals surface area (Å²) in [5.41, 5.74) is 5.52. The number of halogens is 3. The number of nitrogens with zero attached hydrogens (tertiary/aromatic N) is 1. The molecule has 0 aliphatic carbocycles. The third-order valence-corrected chi connectivity index (χ3v) is 2.75. The molecular formula is C11H14F3N3. The summed E-state index contributed by atoms with van der Waals surface area (Å²) in [6.07, 6.45) is -4.35. The van der Waals surface area contributed by atoms with Crippen LogP contribution in [0.25, 0.3) is 0 Å². The highest BCUT2D eigenvalue weighted by molar-refractivity contribution is 5.59. The van der Waals surface area contributed by atoms with E-state index in [0.717, 1.165) is 25.2 Å². The van der Waals surface area contributed by atoms with Crippen LogP contribution in [0.5, 0.6) is 0 Å². The van der Waals surface area contributed by atoms with Gasteiger partial charge in [-0.05, 0) is 18.2 Å². The van der Waals surface area contributed by atoms with Crippen LogP contribution in [0.1, 0.15) is 5.56 Å². The average Bonchev–Trinajstić information content (AvgIpc) is 2.28. The van der Waals surface area contributed by atoms with Crippen LogP contribution in [0, 0.1) is 0 Å². The van der Waals surface area contributed by atoms with Crippen molar-refractivity contribution in [1.29, 1.82) is 0 Å². The molecule has 1 heterocycles. The molecule has 3 N–H and O–H groups in total. The van der Waals surface area contributed by atoms with E-state index in [2.05, 4.69) is 5.32 Å². The van der Waals surface area contributed by atoms with Gasteiger partial charge < -0.3 is 16.0 Å². The minimum atomic E-state index is -4.35. The van der Waals surface area contributed by atoms with E-state index >= 15 is 0 Å². The molecule has 0 amide bonds. The maximum atomic E-state index is 12.6. The number of benzene rings is 1. The highest BCUT2D eigenvalue weighted by Gasteiger charge is 2.31. The number of hydrogen-bond acceptors (Lipinski definition) is 3. The van der Waals surface area contributed by atoms with E-state index in [1.54, 1.807) is 6.07 Å². The van der Waals surface area contributed by atoms with Crippen molar-refractivity contribution in [3.05, 3.63) is 23.8 Å². The first-order valence-corrected chi connectivity index (χ1v) is 5.40. The minimum absolute atomic E-state index is 0.147. The summed E-state index contributed by atoms with van der Waals surface area (Å²) in [5, 5.41) is 3.15. The smallest absolute Gasteiger partial charge is 0.399 e. The highest BCUT2D eigenvalue weighted by Crippen LogP contribution is 2.33. The molecule has 2 rings (SSSR count). The molecule has 3 nitrogen and oxygen atoms in total. The van der Waals surface area contributed by atoms with Gasteiger partial charge in [0.2, 0.25) is 0 Å². The highest BCUT2D eigenvalue weighted by atomic mass is 19.4. The van der Waals surface area contributed by atoms with Crippen LogP contribution in [0.2, 0.25) is 0 Å². The van der Waals surface area contributed by atoms with Crippen molar-refractivity contribution >= 4 is 11.4 Å². The summed E-state index contributed by atoms with van der Waals surface area (Å²) in [5.74, 6) is 0. The van der Waals surface area contributed by atoms with Crippen LogP contribution in [0.4, 0.5) is 24.5 Å². The van der Waals surface area contributed by atoms with E-state index in [0.29, 0.717) is 18.8 Å². The number of hydrogen-bond donors (Lipinski definition) is 2. The zero-order valence-corrected chi connectivity index (χ0v) is 9.22. The number of anilines is 2. The second kappa shape index (κ2) is 4.44. The Kier molecular flexibility index (Phi) is 3.15. The van der Waals surface area contributed by atoms with Crippen molar-refractivity contribution in [3.8, 4) is 0 Å². The minimum Gasteiger partial charge on any atom is -0.399 e. The Morgan fingerprint density at radius 1 is 1.12 bits per heavy atom. The summed E-state index contributed by atoms with van der Waals surface area (Å²) < 4.78 is 37.9. The molecule has 1 aliphatic heterocycles. The quantitative estimate of drug-likeness (QED) is 0.740. The van der Waals surface area contributed by atoms with Crippen LogP contribution in [-0.2, 0) is 6.18 Å². The molecule has 0 unspecified atom stereocenters. The number of rotatable bonds is 1. The number of nitrogens with two attached hydrogens (primary N) is 1. The molecule has 0 radical (unpaired) electrons. The molecule has 17 heavy (non-hydrogen) atoms. The van der Waals surface area contributed by atoms with E-state index in [4.69, 9.17) is 5.73 Å². The van der Waals surface area contributed by atoms with Crippen LogP contribution >= 0.6 is 0 Å². The van der Waals surface area contributed by atoms with Gasteiger partial charge in [-0.3, -0.25) is 0 Å². The maximum absolute atomic E-state index is 12.6. The van der Waals surface area contributed by atoms with Gasteiger partial charge in [0.05, 0.1) is 5.56 Å². The average molecular weight is 245 g/mol. The Bertz CT molecular complexity index is 397. The molecule has 1 aromatic rings. The number of nitrogens with one attached hydrogen (secondary N) is 1. The van der Waals surface area contributed by atoms with Gasteiger partial charge in [-0.25, -0.2) is 0 Å². The Morgan fingerprint density at radius 2 is 1.76 bits per heavy atom. The Morgan fingerprint density at radius 3 is 2.35 bits per heavy atom. The first-order valence-electron chi connectivity index (χ1n) is 5.40. The topological polar surface area (TPSA) is 41.3 Å². The van der Waals surface area contributed by atoms with Crippen LogP contribution < -0.4 is 16.0 Å². The lowest BCUT2D eigenvalue weighted by Gasteiger charge is -2.30. The van der Waals surface area contributed by atoms with Crippen molar-refractivity contribution in [1.82, 2.24) is 5.32 Å². The fourth-order valence-corrected chi connectivity index (χ4v) is 1.90. The van der Waals surface area contributed by atoms with E-state index in [1.165, 1.54) is 0 Å². The molecule has 0 atom stereocenters. The van der Waals surface area contributed by atoms with Gasteiger partial charge in [-0.2, -0.15) is 13.2 Å². The van der Waals surface area contributed by atoms with Gasteiger partial charge in [0.15, 0.2) is 0 Å². The Hall–Kier alpha value is -1.43. The van der Waals surface area contributed by atoms with E-state index in [-0.39, 0.29) is 5.69 Å². The first kappa shape index (κ1) is 12.0. The fourth-order valence-electron chi connectivity index (χ4n) is 1.90. The first-order chi connectivity index (χ1) is 7.97. The third kappa shape index (κ3) is 2.82. The second-order valence-corrected chi connectivity index (χ2v) is 4.05. The lowest BCUT2D eigenvalue weighted by molar-refractivity contribution is -0.137. The van der Waals surface area contributed by atoms with Crippen molar-refractivity contribution in [3.63, 3.8) is 0 Å². The Balaban J connectivity index is 2.31. The largest absolute Gasteiger partial charge is 0.416 e. The molecule has 1 aromatic carbocycles. The fraction of sp³-hybridized carbons (Fsp3) is 0.455. The van der Waals surface area contributed by atoms with Crippen molar-refractivity contribution in [2.24, 2.45) is 0 Å². The molecule has 0 bridgehead atoms. The summed E-state index contributed by atoms with van der Waals surface area (Å²) in [6.45, 7) is 2.94. The van der Waals surface area contributed by atoms with Crippen LogP contribution in [0.3, 0.4) is 0 Å². The van der Waals surface area contributed by atoms with Gasteiger partial charge in [0.1, 0.15) is 0 Å². The molecule has 6 heteroatoms. The number of nitrogen functional groups attached to an aromatic ring is 1. The van der Waals surface area contributed by atoms with Crippen molar-refractivity contribution < 1.29 is 13.2 Å². The molecule has 94 valence electrons. The second-order valence-electron chi connectivity index (χ2n) is 4.05. The lowest BCUT2D eigenvalue weighted by atomic mass is 10.1. The van der Waals surface area contributed by atoms with E-state index < -0.39 is 11.7 Å². The monoisotopic (exact) mass is 245 g/mol. The molecule has 0 aromatic heterocycles. The van der Waals surface area contributed by atoms with Gasteiger partial charge in [-0.1, -0.05) is 0 Å². The summed E-state index contributed by atoms with van der Waals surface area (Å²) in [7, 11) is 0. The van der Waals surface area contributed by atoms with Gasteiger partial charge in [-0.15, -0.1) is 0 Å². The zero-order chi connectivity index (χ0) is 12.5. The van der Waals surface area contributed by atoms with Crippen LogP contribution in [-0.4, -0.2) is 26.2 Å². The summed E-state index contributed by atoms with van der Waals surface area (Å²) in [6, 6.07) is 3.70. The molecule has 0 saturated carbocycles. The van der Waals surface area contributed by atoms with E-state index in [1.807, 2.05) is 4.90 Å². The van der Waals surface area contributed by atoms with Crippen molar-refractivity contribution in [2.75, 3.05) is 36.8 Å². The summed E-state index contributed by atoms with van der Waals surface area (Å²) in [4.78, 5) is 1.90. The molecule has 1 saturated heterocycles.